The van der Waals surface area contributed by atoms with E-state index in [9.17, 15) is 0 Å². The Kier molecular flexibility index (Phi) is 4.91. The van der Waals surface area contributed by atoms with Crippen LogP contribution in [0.5, 0.6) is 0 Å². The number of thiophene rings is 1. The summed E-state index contributed by atoms with van der Waals surface area (Å²) in [5.41, 5.74) is 0. The number of hydrogen-bond acceptors (Lipinski definition) is 5. The molecule has 4 nitrogen and oxygen atoms in total. The Labute approximate surface area is 130 Å². The SMILES string of the molecule is CCCNc1nc(N2CCCCCCC2)c2ccsc2n1. The fourth-order valence-corrected chi connectivity index (χ4v) is 3.61. The third-order valence-electron chi connectivity index (χ3n) is 3.99. The average Bonchev–Trinajstić information content (AvgIpc) is 2.92. The molecule has 0 saturated carbocycles. The Morgan fingerprint density at radius 1 is 1.14 bits per heavy atom. The van der Waals surface area contributed by atoms with Gasteiger partial charge in [-0.1, -0.05) is 26.2 Å². The number of nitrogens with zero attached hydrogens (tertiary/aromatic N) is 3. The minimum atomic E-state index is 0.781. The summed E-state index contributed by atoms with van der Waals surface area (Å²) >= 11 is 1.70. The van der Waals surface area contributed by atoms with Gasteiger partial charge in [0, 0.05) is 19.6 Å². The van der Waals surface area contributed by atoms with E-state index in [1.54, 1.807) is 11.3 Å². The molecule has 2 aromatic rings. The van der Waals surface area contributed by atoms with E-state index in [0.29, 0.717) is 0 Å². The molecule has 3 heterocycles. The lowest BCUT2D eigenvalue weighted by Gasteiger charge is -2.26. The minimum Gasteiger partial charge on any atom is -0.356 e. The van der Waals surface area contributed by atoms with Crippen molar-refractivity contribution in [3.63, 3.8) is 0 Å². The Balaban J connectivity index is 1.92. The summed E-state index contributed by atoms with van der Waals surface area (Å²) in [5.74, 6) is 1.91. The van der Waals surface area contributed by atoms with E-state index in [0.717, 1.165) is 42.7 Å². The Bertz CT molecular complexity index is 573. The van der Waals surface area contributed by atoms with Gasteiger partial charge >= 0.3 is 0 Å². The molecule has 1 aliphatic heterocycles. The van der Waals surface area contributed by atoms with Crippen LogP contribution in [-0.2, 0) is 0 Å². The van der Waals surface area contributed by atoms with Crippen molar-refractivity contribution in [3.8, 4) is 0 Å². The summed E-state index contributed by atoms with van der Waals surface area (Å²) in [4.78, 5) is 13.0. The van der Waals surface area contributed by atoms with Gasteiger partial charge in [0.1, 0.15) is 10.6 Å². The van der Waals surface area contributed by atoms with Crippen LogP contribution in [0.25, 0.3) is 10.2 Å². The van der Waals surface area contributed by atoms with Crippen molar-refractivity contribution in [2.45, 2.75) is 45.4 Å². The maximum atomic E-state index is 4.82. The molecule has 2 aromatic heterocycles. The van der Waals surface area contributed by atoms with Gasteiger partial charge in [0.05, 0.1) is 5.39 Å². The van der Waals surface area contributed by atoms with Gasteiger partial charge in [-0.05, 0) is 30.7 Å². The van der Waals surface area contributed by atoms with Crippen LogP contribution in [0.1, 0.15) is 45.4 Å². The predicted molar refractivity (Wildman–Crippen MR) is 91.5 cm³/mol. The molecule has 1 fully saturated rings. The van der Waals surface area contributed by atoms with Crippen LogP contribution in [0.15, 0.2) is 11.4 Å². The summed E-state index contributed by atoms with van der Waals surface area (Å²) in [6.45, 7) is 5.33. The predicted octanol–water partition coefficient (Wildman–Crippen LogP) is 4.28. The zero-order valence-electron chi connectivity index (χ0n) is 12.8. The van der Waals surface area contributed by atoms with Crippen molar-refractivity contribution < 1.29 is 0 Å². The molecule has 0 amide bonds. The molecular formula is C16H24N4S. The van der Waals surface area contributed by atoms with Crippen molar-refractivity contribution in [2.75, 3.05) is 29.9 Å². The average molecular weight is 304 g/mol. The first-order valence-electron chi connectivity index (χ1n) is 8.12. The lowest BCUT2D eigenvalue weighted by molar-refractivity contribution is 0.554. The third-order valence-corrected chi connectivity index (χ3v) is 4.80. The normalized spacial score (nSPS) is 16.7. The summed E-state index contributed by atoms with van der Waals surface area (Å²) in [6.07, 6.45) is 7.70. The molecule has 0 radical (unpaired) electrons. The fourth-order valence-electron chi connectivity index (χ4n) is 2.86. The molecule has 0 unspecified atom stereocenters. The van der Waals surface area contributed by atoms with Gasteiger partial charge in [-0.25, -0.2) is 4.98 Å². The maximum absolute atomic E-state index is 4.82. The van der Waals surface area contributed by atoms with Crippen LogP contribution in [0.3, 0.4) is 0 Å². The number of nitrogens with one attached hydrogen (secondary N) is 1. The molecule has 1 N–H and O–H groups in total. The largest absolute Gasteiger partial charge is 0.356 e. The van der Waals surface area contributed by atoms with Gasteiger partial charge in [-0.2, -0.15) is 4.98 Å². The fraction of sp³-hybridized carbons (Fsp3) is 0.625. The van der Waals surface area contributed by atoms with E-state index < -0.39 is 0 Å². The molecule has 0 bridgehead atoms. The maximum Gasteiger partial charge on any atom is 0.226 e. The van der Waals surface area contributed by atoms with Crippen molar-refractivity contribution in [2.24, 2.45) is 0 Å². The highest BCUT2D eigenvalue weighted by Gasteiger charge is 2.16. The van der Waals surface area contributed by atoms with Crippen molar-refractivity contribution in [1.29, 1.82) is 0 Å². The number of aromatic nitrogens is 2. The molecule has 114 valence electrons. The molecule has 0 aromatic carbocycles. The summed E-state index contributed by atoms with van der Waals surface area (Å²) in [6, 6.07) is 2.16. The molecule has 3 rings (SSSR count). The molecule has 1 saturated heterocycles. The summed E-state index contributed by atoms with van der Waals surface area (Å²) in [7, 11) is 0. The number of rotatable bonds is 4. The van der Waals surface area contributed by atoms with Crippen molar-refractivity contribution in [3.05, 3.63) is 11.4 Å². The van der Waals surface area contributed by atoms with Gasteiger partial charge in [-0.3, -0.25) is 0 Å². The van der Waals surface area contributed by atoms with Gasteiger partial charge in [0.2, 0.25) is 5.95 Å². The van der Waals surface area contributed by atoms with E-state index in [1.807, 2.05) is 0 Å². The first kappa shape index (κ1) is 14.6. The summed E-state index contributed by atoms with van der Waals surface area (Å²) < 4.78 is 0. The highest BCUT2D eigenvalue weighted by molar-refractivity contribution is 7.16. The first-order valence-corrected chi connectivity index (χ1v) is 9.00. The number of hydrogen-bond donors (Lipinski definition) is 1. The molecule has 0 spiro atoms. The molecule has 0 atom stereocenters. The second-order valence-corrected chi connectivity index (χ2v) is 6.59. The van der Waals surface area contributed by atoms with Crippen LogP contribution in [0, 0.1) is 0 Å². The molecule has 5 heteroatoms. The van der Waals surface area contributed by atoms with Crippen LogP contribution in [0.2, 0.25) is 0 Å². The van der Waals surface area contributed by atoms with E-state index in [4.69, 9.17) is 4.98 Å². The van der Waals surface area contributed by atoms with Crippen LogP contribution in [0.4, 0.5) is 11.8 Å². The standard InChI is InChI=1S/C16H24N4S/c1-2-9-17-16-18-14(13-8-12-21-15(13)19-16)20-10-6-4-3-5-7-11-20/h8,12H,2-7,9-11H2,1H3,(H,17,18,19). The molecule has 21 heavy (non-hydrogen) atoms. The smallest absolute Gasteiger partial charge is 0.226 e. The lowest BCUT2D eigenvalue weighted by atomic mass is 10.1. The first-order chi connectivity index (χ1) is 10.4. The van der Waals surface area contributed by atoms with Crippen molar-refractivity contribution >= 4 is 33.3 Å². The third kappa shape index (κ3) is 3.46. The van der Waals surface area contributed by atoms with Crippen LogP contribution < -0.4 is 10.2 Å². The van der Waals surface area contributed by atoms with E-state index in [1.165, 1.54) is 37.5 Å². The van der Waals surface area contributed by atoms with E-state index >= 15 is 0 Å². The van der Waals surface area contributed by atoms with Gasteiger partial charge < -0.3 is 10.2 Å². The van der Waals surface area contributed by atoms with Crippen molar-refractivity contribution in [1.82, 2.24) is 9.97 Å². The van der Waals surface area contributed by atoms with E-state index in [-0.39, 0.29) is 0 Å². The Hall–Kier alpha value is -1.36. The zero-order valence-corrected chi connectivity index (χ0v) is 13.6. The van der Waals surface area contributed by atoms with E-state index in [2.05, 4.69) is 33.6 Å². The highest BCUT2D eigenvalue weighted by Crippen LogP contribution is 2.30. The molecule has 0 aliphatic carbocycles. The lowest BCUT2D eigenvalue weighted by Crippen LogP contribution is -2.28. The Morgan fingerprint density at radius 3 is 2.67 bits per heavy atom. The second-order valence-electron chi connectivity index (χ2n) is 5.69. The number of anilines is 2. The monoisotopic (exact) mass is 304 g/mol. The summed E-state index contributed by atoms with van der Waals surface area (Å²) in [5, 5.41) is 6.67. The quantitative estimate of drug-likeness (QED) is 0.915. The Morgan fingerprint density at radius 2 is 1.90 bits per heavy atom. The zero-order chi connectivity index (χ0) is 14.5. The van der Waals surface area contributed by atoms with Gasteiger partial charge in [0.15, 0.2) is 0 Å². The minimum absolute atomic E-state index is 0.781. The topological polar surface area (TPSA) is 41.1 Å². The molecule has 1 aliphatic rings. The second kappa shape index (κ2) is 7.07. The highest BCUT2D eigenvalue weighted by atomic mass is 32.1. The van der Waals surface area contributed by atoms with Gasteiger partial charge in [0.25, 0.3) is 0 Å². The molecular weight excluding hydrogens is 280 g/mol. The number of fused-ring (bicyclic) bond motifs is 1. The van der Waals surface area contributed by atoms with Crippen LogP contribution >= 0.6 is 11.3 Å². The van der Waals surface area contributed by atoms with Gasteiger partial charge in [-0.15, -0.1) is 11.3 Å². The van der Waals surface area contributed by atoms with Crippen LogP contribution in [-0.4, -0.2) is 29.6 Å².